The number of ether oxygens (including phenoxy) is 2. The molecule has 1 aliphatic heterocycles. The SMILES string of the molecule is COC(=O)C1CC(=O)N(c2cnc(OC)cn2)C1. The molecule has 1 fully saturated rings. The van der Waals surface area contributed by atoms with Crippen molar-refractivity contribution in [3.63, 3.8) is 0 Å². The minimum absolute atomic E-state index is 0.139. The monoisotopic (exact) mass is 251 g/mol. The van der Waals surface area contributed by atoms with Crippen molar-refractivity contribution in [1.29, 1.82) is 0 Å². The molecule has 1 amide bonds. The maximum absolute atomic E-state index is 11.8. The summed E-state index contributed by atoms with van der Waals surface area (Å²) in [5, 5.41) is 0. The molecule has 1 aromatic heterocycles. The third kappa shape index (κ3) is 2.24. The molecule has 0 aliphatic carbocycles. The van der Waals surface area contributed by atoms with E-state index in [0.29, 0.717) is 11.7 Å². The van der Waals surface area contributed by atoms with Gasteiger partial charge in [0.2, 0.25) is 11.8 Å². The molecule has 0 N–H and O–H groups in total. The molecule has 7 nitrogen and oxygen atoms in total. The second-order valence-electron chi connectivity index (χ2n) is 3.85. The molecule has 1 saturated heterocycles. The van der Waals surface area contributed by atoms with Gasteiger partial charge in [-0.2, -0.15) is 0 Å². The number of esters is 1. The fraction of sp³-hybridized carbons (Fsp3) is 0.455. The summed E-state index contributed by atoms with van der Waals surface area (Å²) in [6.07, 6.45) is 3.00. The Kier molecular flexibility index (Phi) is 3.40. The van der Waals surface area contributed by atoms with E-state index >= 15 is 0 Å². The van der Waals surface area contributed by atoms with Crippen molar-refractivity contribution in [2.45, 2.75) is 6.42 Å². The number of hydrogen-bond donors (Lipinski definition) is 0. The Labute approximate surface area is 104 Å². The first-order valence-corrected chi connectivity index (χ1v) is 5.40. The normalized spacial score (nSPS) is 18.9. The standard InChI is InChI=1S/C11H13N3O4/c1-17-9-5-12-8(4-13-9)14-6-7(3-10(14)15)11(16)18-2/h4-5,7H,3,6H2,1-2H3. The zero-order valence-electron chi connectivity index (χ0n) is 10.1. The number of nitrogens with zero attached hydrogens (tertiary/aromatic N) is 3. The molecule has 0 aromatic carbocycles. The Morgan fingerprint density at radius 1 is 1.39 bits per heavy atom. The first kappa shape index (κ1) is 12.3. The van der Waals surface area contributed by atoms with Crippen LogP contribution in [0.4, 0.5) is 5.82 Å². The van der Waals surface area contributed by atoms with Crippen LogP contribution in [0.1, 0.15) is 6.42 Å². The molecule has 1 unspecified atom stereocenters. The summed E-state index contributed by atoms with van der Waals surface area (Å²) in [4.78, 5) is 32.6. The molecular formula is C11H13N3O4. The Bertz CT molecular complexity index is 460. The third-order valence-electron chi connectivity index (χ3n) is 2.76. The van der Waals surface area contributed by atoms with Crippen molar-refractivity contribution < 1.29 is 19.1 Å². The van der Waals surface area contributed by atoms with Crippen LogP contribution in [0.3, 0.4) is 0 Å². The fourth-order valence-electron chi connectivity index (χ4n) is 1.81. The van der Waals surface area contributed by atoms with Gasteiger partial charge in [0.1, 0.15) is 0 Å². The molecule has 2 heterocycles. The van der Waals surface area contributed by atoms with Crippen LogP contribution < -0.4 is 9.64 Å². The number of methoxy groups -OCH3 is 2. The molecule has 2 rings (SSSR count). The van der Waals surface area contributed by atoms with Gasteiger partial charge in [-0.25, -0.2) is 9.97 Å². The lowest BCUT2D eigenvalue weighted by molar-refractivity contribution is -0.145. The molecule has 0 saturated carbocycles. The van der Waals surface area contributed by atoms with E-state index in [2.05, 4.69) is 14.7 Å². The van der Waals surface area contributed by atoms with Gasteiger partial charge < -0.3 is 9.47 Å². The summed E-state index contributed by atoms with van der Waals surface area (Å²) in [5.74, 6) is -0.203. The first-order valence-electron chi connectivity index (χ1n) is 5.40. The van der Waals surface area contributed by atoms with Crippen molar-refractivity contribution in [3.8, 4) is 5.88 Å². The summed E-state index contributed by atoms with van der Waals surface area (Å²) in [6.45, 7) is 0.270. The van der Waals surface area contributed by atoms with E-state index in [0.717, 1.165) is 0 Å². The number of anilines is 1. The van der Waals surface area contributed by atoms with Crippen LogP contribution in [-0.2, 0) is 14.3 Å². The van der Waals surface area contributed by atoms with E-state index in [9.17, 15) is 9.59 Å². The van der Waals surface area contributed by atoms with Crippen molar-refractivity contribution in [3.05, 3.63) is 12.4 Å². The van der Waals surface area contributed by atoms with Crippen molar-refractivity contribution in [1.82, 2.24) is 9.97 Å². The van der Waals surface area contributed by atoms with Gasteiger partial charge in [-0.3, -0.25) is 14.5 Å². The van der Waals surface area contributed by atoms with Gasteiger partial charge in [0.25, 0.3) is 0 Å². The van der Waals surface area contributed by atoms with Gasteiger partial charge >= 0.3 is 5.97 Å². The molecule has 18 heavy (non-hydrogen) atoms. The van der Waals surface area contributed by atoms with E-state index in [1.807, 2.05) is 0 Å². The molecule has 1 aromatic rings. The van der Waals surface area contributed by atoms with Crippen molar-refractivity contribution in [2.24, 2.45) is 5.92 Å². The molecule has 1 aliphatic rings. The second kappa shape index (κ2) is 4.99. The largest absolute Gasteiger partial charge is 0.480 e. The van der Waals surface area contributed by atoms with Crippen LogP contribution in [0, 0.1) is 5.92 Å². The Balaban J connectivity index is 2.13. The van der Waals surface area contributed by atoms with Crippen molar-refractivity contribution >= 4 is 17.7 Å². The molecule has 0 radical (unpaired) electrons. The minimum atomic E-state index is -0.439. The number of carbonyl (C=O) groups excluding carboxylic acids is 2. The van der Waals surface area contributed by atoms with Crippen LogP contribution in [-0.4, -0.2) is 42.6 Å². The lowest BCUT2D eigenvalue weighted by Crippen LogP contribution is -2.27. The summed E-state index contributed by atoms with van der Waals surface area (Å²) in [6, 6.07) is 0. The minimum Gasteiger partial charge on any atom is -0.480 e. The Hall–Kier alpha value is -2.18. The highest BCUT2D eigenvalue weighted by molar-refractivity contribution is 5.98. The summed E-state index contributed by atoms with van der Waals surface area (Å²) in [5.41, 5.74) is 0. The lowest BCUT2D eigenvalue weighted by Gasteiger charge is -2.14. The average Bonchev–Trinajstić information content (AvgIpc) is 2.80. The summed E-state index contributed by atoms with van der Waals surface area (Å²) >= 11 is 0. The van der Waals surface area contributed by atoms with E-state index in [-0.39, 0.29) is 24.8 Å². The van der Waals surface area contributed by atoms with Crippen LogP contribution in [0.5, 0.6) is 5.88 Å². The molecule has 0 bridgehead atoms. The highest BCUT2D eigenvalue weighted by atomic mass is 16.5. The van der Waals surface area contributed by atoms with Gasteiger partial charge in [0.15, 0.2) is 5.82 Å². The maximum atomic E-state index is 11.8. The van der Waals surface area contributed by atoms with Gasteiger partial charge in [-0.05, 0) is 0 Å². The summed E-state index contributed by atoms with van der Waals surface area (Å²) < 4.78 is 9.51. The van der Waals surface area contributed by atoms with Crippen molar-refractivity contribution in [2.75, 3.05) is 25.7 Å². The quantitative estimate of drug-likeness (QED) is 0.704. The van der Waals surface area contributed by atoms with Crippen LogP contribution >= 0.6 is 0 Å². The molecule has 1 atom stereocenters. The Morgan fingerprint density at radius 2 is 2.17 bits per heavy atom. The lowest BCUT2D eigenvalue weighted by atomic mass is 10.1. The second-order valence-corrected chi connectivity index (χ2v) is 3.85. The summed E-state index contributed by atoms with van der Waals surface area (Å²) in [7, 11) is 2.79. The topological polar surface area (TPSA) is 81.6 Å². The van der Waals surface area contributed by atoms with Gasteiger partial charge in [-0.1, -0.05) is 0 Å². The van der Waals surface area contributed by atoms with Gasteiger partial charge in [0, 0.05) is 13.0 Å². The van der Waals surface area contributed by atoms with E-state index in [1.165, 1.54) is 31.5 Å². The zero-order valence-corrected chi connectivity index (χ0v) is 10.1. The van der Waals surface area contributed by atoms with E-state index in [4.69, 9.17) is 4.74 Å². The molecule has 0 spiro atoms. The molecule has 96 valence electrons. The van der Waals surface area contributed by atoms with Gasteiger partial charge in [0.05, 0.1) is 32.5 Å². The maximum Gasteiger partial charge on any atom is 0.311 e. The molecular weight excluding hydrogens is 238 g/mol. The predicted octanol–water partition coefficient (Wildman–Crippen LogP) is 0.0111. The number of amides is 1. The van der Waals surface area contributed by atoms with Crippen LogP contribution in [0.25, 0.3) is 0 Å². The predicted molar refractivity (Wildman–Crippen MR) is 61.1 cm³/mol. The third-order valence-corrected chi connectivity index (χ3v) is 2.76. The highest BCUT2D eigenvalue weighted by Crippen LogP contribution is 2.24. The molecule has 7 heteroatoms. The van der Waals surface area contributed by atoms with E-state index in [1.54, 1.807) is 0 Å². The van der Waals surface area contributed by atoms with Gasteiger partial charge in [-0.15, -0.1) is 0 Å². The Morgan fingerprint density at radius 3 is 2.72 bits per heavy atom. The first-order chi connectivity index (χ1) is 8.65. The van der Waals surface area contributed by atoms with Crippen LogP contribution in [0.15, 0.2) is 12.4 Å². The fourth-order valence-corrected chi connectivity index (χ4v) is 1.81. The number of hydrogen-bond acceptors (Lipinski definition) is 6. The van der Waals surface area contributed by atoms with E-state index < -0.39 is 5.92 Å². The number of aromatic nitrogens is 2. The highest BCUT2D eigenvalue weighted by Gasteiger charge is 2.36. The average molecular weight is 251 g/mol. The van der Waals surface area contributed by atoms with Crippen LogP contribution in [0.2, 0.25) is 0 Å². The number of carbonyl (C=O) groups is 2. The smallest absolute Gasteiger partial charge is 0.311 e. The zero-order chi connectivity index (χ0) is 13.1. The number of rotatable bonds is 3.